The van der Waals surface area contributed by atoms with E-state index < -0.39 is 17.3 Å². The number of piperidine rings is 1. The summed E-state index contributed by atoms with van der Waals surface area (Å²) in [5, 5.41) is 20.6. The number of anilines is 2. The van der Waals surface area contributed by atoms with E-state index in [1.54, 1.807) is 25.8 Å². The van der Waals surface area contributed by atoms with E-state index in [9.17, 15) is 18.3 Å². The van der Waals surface area contributed by atoms with Crippen molar-refractivity contribution in [2.75, 3.05) is 44.6 Å². The first kappa shape index (κ1) is 32.2. The van der Waals surface area contributed by atoms with Gasteiger partial charge in [0.15, 0.2) is 0 Å². The quantitative estimate of drug-likeness (QED) is 0.296. The summed E-state index contributed by atoms with van der Waals surface area (Å²) < 4.78 is 45.0. The third kappa shape index (κ3) is 8.90. The number of nitrogens with one attached hydrogen (secondary N) is 2. The van der Waals surface area contributed by atoms with Crippen molar-refractivity contribution >= 4 is 23.6 Å². The Bertz CT molecular complexity index is 1270. The number of aliphatic hydroxyl groups is 1. The van der Waals surface area contributed by atoms with Gasteiger partial charge in [-0.25, -0.2) is 14.3 Å². The van der Waals surface area contributed by atoms with Gasteiger partial charge in [0.25, 0.3) is 0 Å². The van der Waals surface area contributed by atoms with E-state index in [1.807, 2.05) is 38.1 Å². The minimum absolute atomic E-state index is 0.0497. The fourth-order valence-electron chi connectivity index (χ4n) is 5.06. The number of hydrogen-bond donors (Lipinski definition) is 3. The van der Waals surface area contributed by atoms with Crippen LogP contribution in [-0.4, -0.2) is 85.0 Å². The lowest BCUT2D eigenvalue weighted by Gasteiger charge is -2.39. The van der Waals surface area contributed by atoms with Crippen molar-refractivity contribution in [1.82, 2.24) is 34.3 Å². The minimum Gasteiger partial charge on any atom is -0.389 e. The van der Waals surface area contributed by atoms with E-state index in [0.717, 1.165) is 63.2 Å². The van der Waals surface area contributed by atoms with E-state index in [-0.39, 0.29) is 23.8 Å². The van der Waals surface area contributed by atoms with Gasteiger partial charge >= 0.3 is 6.18 Å². The molecule has 0 radical (unpaired) electrons. The fourth-order valence-corrected chi connectivity index (χ4v) is 6.01. The van der Waals surface area contributed by atoms with Crippen LogP contribution in [0.2, 0.25) is 0 Å². The van der Waals surface area contributed by atoms with Gasteiger partial charge in [0.2, 0.25) is 5.95 Å². The zero-order valence-electron chi connectivity index (χ0n) is 24.7. The van der Waals surface area contributed by atoms with Crippen LogP contribution >= 0.6 is 11.9 Å². The second-order valence-electron chi connectivity index (χ2n) is 10.9. The Hall–Kier alpha value is -2.71. The van der Waals surface area contributed by atoms with Gasteiger partial charge < -0.3 is 15.7 Å². The molecule has 0 bridgehead atoms. The molecule has 0 atom stereocenters. The Morgan fingerprint density at radius 3 is 2.31 bits per heavy atom. The van der Waals surface area contributed by atoms with Crippen LogP contribution in [0.15, 0.2) is 47.8 Å². The zero-order valence-corrected chi connectivity index (χ0v) is 25.5. The standard InChI is InChI=1S/C27H35F3N8OS.C2H6/c1-26(2,39)18-37-17-19(15-33-37)24-23(27(28,29)30)16-32-25(35-24)34-20-3-5-22(6-4-20)40-38-11-7-21(8-12-38)36-13-9-31-10-14-36;1-2/h3-6,15-17,21,31,39H,7-14,18H2,1-2H3,(H,32,34,35);1-2H3. The summed E-state index contributed by atoms with van der Waals surface area (Å²) in [5.41, 5.74) is -1.43. The van der Waals surface area contributed by atoms with Crippen molar-refractivity contribution in [2.24, 2.45) is 0 Å². The number of rotatable bonds is 8. The van der Waals surface area contributed by atoms with Crippen molar-refractivity contribution < 1.29 is 18.3 Å². The molecule has 2 aliphatic heterocycles. The number of benzene rings is 1. The Labute approximate surface area is 250 Å². The van der Waals surface area contributed by atoms with E-state index >= 15 is 0 Å². The molecule has 0 amide bonds. The highest BCUT2D eigenvalue weighted by molar-refractivity contribution is 7.97. The first-order valence-corrected chi connectivity index (χ1v) is 15.2. The third-order valence-electron chi connectivity index (χ3n) is 6.99. The van der Waals surface area contributed by atoms with Gasteiger partial charge in [0, 0.05) is 73.9 Å². The molecule has 42 heavy (non-hydrogen) atoms. The molecule has 230 valence electrons. The smallest absolute Gasteiger partial charge is 0.389 e. The molecule has 4 heterocycles. The summed E-state index contributed by atoms with van der Waals surface area (Å²) >= 11 is 1.73. The lowest BCUT2D eigenvalue weighted by atomic mass is 10.0. The second kappa shape index (κ2) is 14.2. The van der Waals surface area contributed by atoms with Crippen LogP contribution in [0.5, 0.6) is 0 Å². The van der Waals surface area contributed by atoms with Gasteiger partial charge in [0.05, 0.1) is 24.0 Å². The van der Waals surface area contributed by atoms with Gasteiger partial charge in [-0.3, -0.25) is 9.58 Å². The fraction of sp³-hybridized carbons (Fsp3) is 0.552. The van der Waals surface area contributed by atoms with Crippen molar-refractivity contribution in [3.05, 3.63) is 48.4 Å². The van der Waals surface area contributed by atoms with Crippen LogP contribution in [0.4, 0.5) is 24.8 Å². The number of hydrogen-bond acceptors (Lipinski definition) is 9. The molecule has 2 fully saturated rings. The van der Waals surface area contributed by atoms with E-state index in [0.29, 0.717) is 11.7 Å². The Morgan fingerprint density at radius 1 is 1.02 bits per heavy atom. The van der Waals surface area contributed by atoms with Crippen molar-refractivity contribution in [1.29, 1.82) is 0 Å². The molecule has 0 unspecified atom stereocenters. The molecule has 0 spiro atoms. The molecule has 0 aliphatic carbocycles. The van der Waals surface area contributed by atoms with Crippen LogP contribution < -0.4 is 10.6 Å². The number of aromatic nitrogens is 4. The van der Waals surface area contributed by atoms with E-state index in [1.165, 1.54) is 17.1 Å². The van der Waals surface area contributed by atoms with Crippen molar-refractivity contribution in [3.63, 3.8) is 0 Å². The third-order valence-corrected chi connectivity index (χ3v) is 8.09. The molecule has 9 nitrogen and oxygen atoms in total. The highest BCUT2D eigenvalue weighted by Crippen LogP contribution is 2.36. The normalized spacial score (nSPS) is 17.5. The highest BCUT2D eigenvalue weighted by atomic mass is 32.2. The van der Waals surface area contributed by atoms with Gasteiger partial charge in [-0.2, -0.15) is 18.3 Å². The molecular formula is C29H41F3N8OS. The van der Waals surface area contributed by atoms with Crippen LogP contribution in [0.3, 0.4) is 0 Å². The molecule has 3 N–H and O–H groups in total. The lowest BCUT2D eigenvalue weighted by Crippen LogP contribution is -2.51. The summed E-state index contributed by atoms with van der Waals surface area (Å²) in [5.74, 6) is 0.0497. The predicted octanol–water partition coefficient (Wildman–Crippen LogP) is 5.28. The largest absolute Gasteiger partial charge is 0.419 e. The molecule has 2 saturated heterocycles. The topological polar surface area (TPSA) is 94.4 Å². The maximum absolute atomic E-state index is 13.7. The number of nitrogens with zero attached hydrogens (tertiary/aromatic N) is 6. The molecule has 2 aliphatic rings. The maximum atomic E-state index is 13.7. The first-order valence-electron chi connectivity index (χ1n) is 14.5. The SMILES string of the molecule is CC.CC(C)(O)Cn1cc(-c2nc(Nc3ccc(SN4CCC(N5CCNCC5)CC4)cc3)ncc2C(F)(F)F)cn1. The van der Waals surface area contributed by atoms with E-state index in [2.05, 4.69) is 34.9 Å². The van der Waals surface area contributed by atoms with Crippen LogP contribution in [0.1, 0.15) is 46.1 Å². The first-order chi connectivity index (χ1) is 20.0. The average Bonchev–Trinajstić information content (AvgIpc) is 3.42. The summed E-state index contributed by atoms with van der Waals surface area (Å²) in [7, 11) is 0. The zero-order chi connectivity index (χ0) is 30.3. The summed E-state index contributed by atoms with van der Waals surface area (Å²) in [6.07, 6.45) is 1.23. The molecule has 3 aromatic rings. The molecule has 13 heteroatoms. The summed E-state index contributed by atoms with van der Waals surface area (Å²) in [6.45, 7) is 13.8. The maximum Gasteiger partial charge on any atom is 0.419 e. The van der Waals surface area contributed by atoms with Crippen LogP contribution in [0.25, 0.3) is 11.3 Å². The minimum atomic E-state index is -4.63. The lowest BCUT2D eigenvalue weighted by molar-refractivity contribution is -0.137. The van der Waals surface area contributed by atoms with Crippen LogP contribution in [-0.2, 0) is 12.7 Å². The monoisotopic (exact) mass is 606 g/mol. The van der Waals surface area contributed by atoms with Crippen molar-refractivity contribution in [3.8, 4) is 11.3 Å². The van der Waals surface area contributed by atoms with Gasteiger partial charge in [-0.05, 0) is 62.9 Å². The molecule has 5 rings (SSSR count). The molecule has 1 aromatic carbocycles. The molecular weight excluding hydrogens is 565 g/mol. The average molecular weight is 607 g/mol. The Kier molecular flexibility index (Phi) is 10.9. The Morgan fingerprint density at radius 2 is 1.69 bits per heavy atom. The predicted molar refractivity (Wildman–Crippen MR) is 161 cm³/mol. The number of halogens is 3. The highest BCUT2D eigenvalue weighted by Gasteiger charge is 2.36. The molecule has 0 saturated carbocycles. The number of alkyl halides is 3. The van der Waals surface area contributed by atoms with Crippen molar-refractivity contribution in [2.45, 2.75) is 69.8 Å². The second-order valence-corrected chi connectivity index (χ2v) is 12.0. The molecule has 2 aromatic heterocycles. The van der Waals surface area contributed by atoms with Gasteiger partial charge in [0.1, 0.15) is 5.56 Å². The van der Waals surface area contributed by atoms with E-state index in [4.69, 9.17) is 0 Å². The van der Waals surface area contributed by atoms with Gasteiger partial charge in [-0.15, -0.1) is 0 Å². The number of piperazine rings is 1. The van der Waals surface area contributed by atoms with Crippen LogP contribution in [0, 0.1) is 0 Å². The summed E-state index contributed by atoms with van der Waals surface area (Å²) in [4.78, 5) is 11.8. The van der Waals surface area contributed by atoms with Gasteiger partial charge in [-0.1, -0.05) is 13.8 Å². The summed E-state index contributed by atoms with van der Waals surface area (Å²) in [6, 6.07) is 8.38. The Balaban J connectivity index is 0.00000198.